The van der Waals surface area contributed by atoms with Crippen LogP contribution < -0.4 is 4.90 Å². The normalized spacial score (nSPS) is 16.4. The quantitative estimate of drug-likeness (QED) is 0.845. The number of rotatable bonds is 3. The summed E-state index contributed by atoms with van der Waals surface area (Å²) in [6.07, 6.45) is 5.21. The third-order valence-electron chi connectivity index (χ3n) is 2.95. The first-order valence-electron chi connectivity index (χ1n) is 5.77. The van der Waals surface area contributed by atoms with Gasteiger partial charge in [-0.25, -0.2) is 9.78 Å². The van der Waals surface area contributed by atoms with Crippen molar-refractivity contribution in [1.82, 2.24) is 9.55 Å². The van der Waals surface area contributed by atoms with Gasteiger partial charge in [0.2, 0.25) is 5.95 Å². The molecule has 1 aromatic heterocycles. The molecular formula is C11H17N3O2. The standard InChI is InChI=1S/C11H17N3O2/c1-2-13-8-9(10(15)16)12-11(13)14-6-4-3-5-7-14/h8H,2-7H2,1H3,(H,15,16). The van der Waals surface area contributed by atoms with E-state index >= 15 is 0 Å². The van der Waals surface area contributed by atoms with E-state index in [1.54, 1.807) is 6.20 Å². The summed E-state index contributed by atoms with van der Waals surface area (Å²) < 4.78 is 1.91. The lowest BCUT2D eigenvalue weighted by Gasteiger charge is -2.27. The number of aryl methyl sites for hydroxylation is 1. The average Bonchev–Trinajstić information content (AvgIpc) is 2.74. The van der Waals surface area contributed by atoms with Gasteiger partial charge in [0.25, 0.3) is 0 Å². The molecule has 0 bridgehead atoms. The van der Waals surface area contributed by atoms with Crippen molar-refractivity contribution in [2.24, 2.45) is 0 Å². The minimum Gasteiger partial charge on any atom is -0.476 e. The van der Waals surface area contributed by atoms with Crippen LogP contribution in [0.2, 0.25) is 0 Å². The Morgan fingerprint density at radius 1 is 1.44 bits per heavy atom. The maximum Gasteiger partial charge on any atom is 0.356 e. The zero-order valence-electron chi connectivity index (χ0n) is 9.52. The van der Waals surface area contributed by atoms with Gasteiger partial charge in [-0.2, -0.15) is 0 Å². The molecule has 0 spiro atoms. The molecule has 1 aliphatic rings. The van der Waals surface area contributed by atoms with Crippen LogP contribution >= 0.6 is 0 Å². The van der Waals surface area contributed by atoms with Crippen LogP contribution in [0.3, 0.4) is 0 Å². The fourth-order valence-corrected chi connectivity index (χ4v) is 2.09. The molecule has 1 saturated heterocycles. The Labute approximate surface area is 94.7 Å². The van der Waals surface area contributed by atoms with Gasteiger partial charge in [0, 0.05) is 25.8 Å². The molecule has 1 N–H and O–H groups in total. The summed E-state index contributed by atoms with van der Waals surface area (Å²) in [6.45, 7) is 4.72. The molecule has 1 aromatic rings. The summed E-state index contributed by atoms with van der Waals surface area (Å²) in [5.74, 6) is -0.148. The van der Waals surface area contributed by atoms with Gasteiger partial charge in [0.15, 0.2) is 5.69 Å². The average molecular weight is 223 g/mol. The van der Waals surface area contributed by atoms with Gasteiger partial charge in [-0.1, -0.05) is 0 Å². The lowest BCUT2D eigenvalue weighted by Crippen LogP contribution is -2.31. The fourth-order valence-electron chi connectivity index (χ4n) is 2.09. The van der Waals surface area contributed by atoms with Crippen LogP contribution in [0.5, 0.6) is 0 Å². The highest BCUT2D eigenvalue weighted by atomic mass is 16.4. The van der Waals surface area contributed by atoms with Crippen LogP contribution in [0.4, 0.5) is 5.95 Å². The number of piperidine rings is 1. The van der Waals surface area contributed by atoms with E-state index in [1.165, 1.54) is 19.3 Å². The Bertz CT molecular complexity index is 381. The number of imidazole rings is 1. The highest BCUT2D eigenvalue weighted by Gasteiger charge is 2.19. The lowest BCUT2D eigenvalue weighted by atomic mass is 10.1. The van der Waals surface area contributed by atoms with Crippen molar-refractivity contribution in [3.05, 3.63) is 11.9 Å². The van der Waals surface area contributed by atoms with Crippen molar-refractivity contribution in [2.45, 2.75) is 32.7 Å². The molecule has 2 heterocycles. The van der Waals surface area contributed by atoms with Crippen LogP contribution in [0.25, 0.3) is 0 Å². The summed E-state index contributed by atoms with van der Waals surface area (Å²) >= 11 is 0. The monoisotopic (exact) mass is 223 g/mol. The van der Waals surface area contributed by atoms with Gasteiger partial charge in [-0.05, 0) is 26.2 Å². The van der Waals surface area contributed by atoms with E-state index in [9.17, 15) is 4.79 Å². The SMILES string of the molecule is CCn1cc(C(=O)O)nc1N1CCCCC1. The summed E-state index contributed by atoms with van der Waals surface area (Å²) in [5, 5.41) is 8.92. The molecule has 0 aliphatic carbocycles. The van der Waals surface area contributed by atoms with E-state index in [0.29, 0.717) is 0 Å². The predicted molar refractivity (Wildman–Crippen MR) is 60.9 cm³/mol. The third kappa shape index (κ3) is 2.03. The zero-order chi connectivity index (χ0) is 11.5. The van der Waals surface area contributed by atoms with Gasteiger partial charge >= 0.3 is 5.97 Å². The topological polar surface area (TPSA) is 58.4 Å². The van der Waals surface area contributed by atoms with Gasteiger partial charge < -0.3 is 14.6 Å². The number of hydrogen-bond donors (Lipinski definition) is 1. The van der Waals surface area contributed by atoms with Crippen LogP contribution in [-0.4, -0.2) is 33.7 Å². The number of hydrogen-bond acceptors (Lipinski definition) is 3. The predicted octanol–water partition coefficient (Wildman–Crippen LogP) is 1.59. The highest BCUT2D eigenvalue weighted by Crippen LogP contribution is 2.19. The van der Waals surface area contributed by atoms with Gasteiger partial charge in [-0.15, -0.1) is 0 Å². The number of carboxylic acid groups (broad SMARTS) is 1. The number of carbonyl (C=O) groups is 1. The molecule has 0 unspecified atom stereocenters. The second-order valence-corrected chi connectivity index (χ2v) is 4.07. The van der Waals surface area contributed by atoms with E-state index < -0.39 is 5.97 Å². The summed E-state index contributed by atoms with van der Waals surface area (Å²) in [4.78, 5) is 17.2. The molecule has 0 saturated carbocycles. The molecule has 88 valence electrons. The molecule has 0 amide bonds. The molecule has 1 fully saturated rings. The zero-order valence-corrected chi connectivity index (χ0v) is 9.52. The Balaban J connectivity index is 2.26. The second-order valence-electron chi connectivity index (χ2n) is 4.07. The molecular weight excluding hydrogens is 206 g/mol. The van der Waals surface area contributed by atoms with Crippen LogP contribution in [0.1, 0.15) is 36.7 Å². The third-order valence-corrected chi connectivity index (χ3v) is 2.95. The number of aromatic carboxylic acids is 1. The van der Waals surface area contributed by atoms with Gasteiger partial charge in [-0.3, -0.25) is 0 Å². The first kappa shape index (κ1) is 11.0. The summed E-state index contributed by atoms with van der Waals surface area (Å²) in [7, 11) is 0. The first-order chi connectivity index (χ1) is 7.72. The summed E-state index contributed by atoms with van der Waals surface area (Å²) in [6, 6.07) is 0. The molecule has 0 aromatic carbocycles. The van der Waals surface area contributed by atoms with E-state index in [4.69, 9.17) is 5.11 Å². The number of carboxylic acids is 1. The minimum atomic E-state index is -0.953. The molecule has 2 rings (SSSR count). The smallest absolute Gasteiger partial charge is 0.356 e. The van der Waals surface area contributed by atoms with E-state index in [-0.39, 0.29) is 5.69 Å². The maximum absolute atomic E-state index is 10.9. The molecule has 16 heavy (non-hydrogen) atoms. The number of nitrogens with zero attached hydrogens (tertiary/aromatic N) is 3. The molecule has 0 atom stereocenters. The van der Waals surface area contributed by atoms with Crippen LogP contribution in [0.15, 0.2) is 6.20 Å². The van der Waals surface area contributed by atoms with Crippen molar-refractivity contribution in [3.8, 4) is 0 Å². The lowest BCUT2D eigenvalue weighted by molar-refractivity contribution is 0.0691. The van der Waals surface area contributed by atoms with E-state index in [0.717, 1.165) is 25.6 Å². The number of aromatic nitrogens is 2. The highest BCUT2D eigenvalue weighted by molar-refractivity contribution is 5.85. The summed E-state index contributed by atoms with van der Waals surface area (Å²) in [5.41, 5.74) is 0.141. The molecule has 1 aliphatic heterocycles. The Morgan fingerprint density at radius 2 is 2.12 bits per heavy atom. The van der Waals surface area contributed by atoms with E-state index in [2.05, 4.69) is 9.88 Å². The maximum atomic E-state index is 10.9. The molecule has 5 heteroatoms. The number of anilines is 1. The molecule has 5 nitrogen and oxygen atoms in total. The fraction of sp³-hybridized carbons (Fsp3) is 0.636. The Kier molecular flexibility index (Phi) is 3.12. The van der Waals surface area contributed by atoms with E-state index in [1.807, 2.05) is 11.5 Å². The van der Waals surface area contributed by atoms with Crippen molar-refractivity contribution < 1.29 is 9.90 Å². The second kappa shape index (κ2) is 4.55. The van der Waals surface area contributed by atoms with Crippen molar-refractivity contribution >= 4 is 11.9 Å². The van der Waals surface area contributed by atoms with Crippen molar-refractivity contribution in [2.75, 3.05) is 18.0 Å². The van der Waals surface area contributed by atoms with Crippen LogP contribution in [-0.2, 0) is 6.54 Å². The van der Waals surface area contributed by atoms with Crippen LogP contribution in [0, 0.1) is 0 Å². The van der Waals surface area contributed by atoms with Gasteiger partial charge in [0.05, 0.1) is 0 Å². The Hall–Kier alpha value is -1.52. The van der Waals surface area contributed by atoms with Crippen molar-refractivity contribution in [1.29, 1.82) is 0 Å². The minimum absolute atomic E-state index is 0.141. The first-order valence-corrected chi connectivity index (χ1v) is 5.77. The Morgan fingerprint density at radius 3 is 2.69 bits per heavy atom. The van der Waals surface area contributed by atoms with Gasteiger partial charge in [0.1, 0.15) is 0 Å². The van der Waals surface area contributed by atoms with Crippen molar-refractivity contribution in [3.63, 3.8) is 0 Å². The molecule has 0 radical (unpaired) electrons. The largest absolute Gasteiger partial charge is 0.476 e.